The molecule has 0 saturated carbocycles. The van der Waals surface area contributed by atoms with Gasteiger partial charge in [0.05, 0.1) is 11.9 Å². The fourth-order valence-corrected chi connectivity index (χ4v) is 1.53. The van der Waals surface area contributed by atoms with E-state index in [9.17, 15) is 4.79 Å². The van der Waals surface area contributed by atoms with E-state index in [1.165, 1.54) is 0 Å². The van der Waals surface area contributed by atoms with Crippen LogP contribution in [0.5, 0.6) is 0 Å². The van der Waals surface area contributed by atoms with Crippen molar-refractivity contribution in [2.45, 2.75) is 26.3 Å². The molecule has 0 aliphatic carbocycles. The molecular weight excluding hydrogens is 220 g/mol. The monoisotopic (exact) mass is 234 g/mol. The standard InChI is InChI=1S/C10H14N6O/c1-6(2)16-5-7(9(11)13-10(16)17)3-8-4-12-15-14-8/h4-6H,3H2,1-2H3,(H2,11,13,17)(H,12,14,15). The summed E-state index contributed by atoms with van der Waals surface area (Å²) >= 11 is 0. The van der Waals surface area contributed by atoms with Gasteiger partial charge in [0.15, 0.2) is 0 Å². The molecule has 7 nitrogen and oxygen atoms in total. The molecule has 0 aromatic carbocycles. The van der Waals surface area contributed by atoms with Crippen molar-refractivity contribution in [3.05, 3.63) is 34.1 Å². The number of nitrogens with one attached hydrogen (secondary N) is 1. The number of nitrogen functional groups attached to an aromatic ring is 1. The number of anilines is 1. The van der Waals surface area contributed by atoms with Crippen LogP contribution in [-0.4, -0.2) is 25.0 Å². The lowest BCUT2D eigenvalue weighted by atomic mass is 10.2. The van der Waals surface area contributed by atoms with Crippen LogP contribution in [0.3, 0.4) is 0 Å². The normalized spacial score (nSPS) is 11.0. The maximum absolute atomic E-state index is 11.6. The summed E-state index contributed by atoms with van der Waals surface area (Å²) in [6.45, 7) is 3.83. The molecule has 17 heavy (non-hydrogen) atoms. The van der Waals surface area contributed by atoms with Crippen LogP contribution >= 0.6 is 0 Å². The molecule has 2 heterocycles. The number of rotatable bonds is 3. The van der Waals surface area contributed by atoms with Crippen LogP contribution in [0.15, 0.2) is 17.2 Å². The van der Waals surface area contributed by atoms with Crippen molar-refractivity contribution in [1.29, 1.82) is 0 Å². The lowest BCUT2D eigenvalue weighted by Gasteiger charge is -2.11. The predicted molar refractivity (Wildman–Crippen MR) is 62.5 cm³/mol. The first-order valence-electron chi connectivity index (χ1n) is 5.30. The van der Waals surface area contributed by atoms with E-state index in [0.717, 1.165) is 11.3 Å². The first kappa shape index (κ1) is 11.3. The Labute approximate surface area is 97.7 Å². The van der Waals surface area contributed by atoms with Crippen LogP contribution < -0.4 is 11.4 Å². The van der Waals surface area contributed by atoms with Crippen molar-refractivity contribution >= 4 is 5.82 Å². The smallest absolute Gasteiger partial charge is 0.349 e. The number of hydrogen-bond acceptors (Lipinski definition) is 5. The lowest BCUT2D eigenvalue weighted by molar-refractivity contribution is 0.561. The summed E-state index contributed by atoms with van der Waals surface area (Å²) in [7, 11) is 0. The molecule has 7 heteroatoms. The Morgan fingerprint density at radius 3 is 2.88 bits per heavy atom. The van der Waals surface area contributed by atoms with Crippen molar-refractivity contribution in [3.63, 3.8) is 0 Å². The summed E-state index contributed by atoms with van der Waals surface area (Å²) in [5.74, 6) is 0.245. The second-order valence-electron chi connectivity index (χ2n) is 4.07. The summed E-state index contributed by atoms with van der Waals surface area (Å²) in [5.41, 5.74) is 6.92. The van der Waals surface area contributed by atoms with E-state index >= 15 is 0 Å². The highest BCUT2D eigenvalue weighted by Crippen LogP contribution is 2.12. The molecule has 2 aromatic heterocycles. The molecule has 0 unspecified atom stereocenters. The van der Waals surface area contributed by atoms with E-state index in [4.69, 9.17) is 5.73 Å². The van der Waals surface area contributed by atoms with Gasteiger partial charge in [-0.1, -0.05) is 0 Å². The molecule has 2 aromatic rings. The predicted octanol–water partition coefficient (Wildman–Crippen LogP) is 0.115. The molecular formula is C10H14N6O. The highest BCUT2D eigenvalue weighted by atomic mass is 16.1. The van der Waals surface area contributed by atoms with E-state index < -0.39 is 0 Å². The van der Waals surface area contributed by atoms with Gasteiger partial charge in [-0.05, 0) is 13.8 Å². The van der Waals surface area contributed by atoms with Gasteiger partial charge >= 0.3 is 5.69 Å². The molecule has 3 N–H and O–H groups in total. The first-order valence-corrected chi connectivity index (χ1v) is 5.30. The van der Waals surface area contributed by atoms with Crippen LogP contribution in [0.1, 0.15) is 31.1 Å². The Bertz CT molecular complexity index is 557. The summed E-state index contributed by atoms with van der Waals surface area (Å²) in [4.78, 5) is 15.4. The molecule has 0 fully saturated rings. The van der Waals surface area contributed by atoms with Crippen molar-refractivity contribution < 1.29 is 0 Å². The summed E-state index contributed by atoms with van der Waals surface area (Å²) in [6, 6.07) is 0.0478. The third-order valence-electron chi connectivity index (χ3n) is 2.45. The zero-order valence-electron chi connectivity index (χ0n) is 9.71. The second kappa shape index (κ2) is 4.36. The topological polar surface area (TPSA) is 102 Å². The quantitative estimate of drug-likeness (QED) is 0.785. The van der Waals surface area contributed by atoms with Gasteiger partial charge < -0.3 is 5.73 Å². The van der Waals surface area contributed by atoms with Crippen LogP contribution in [0.2, 0.25) is 0 Å². The van der Waals surface area contributed by atoms with Crippen LogP contribution in [0, 0.1) is 0 Å². The van der Waals surface area contributed by atoms with Crippen molar-refractivity contribution in [3.8, 4) is 0 Å². The van der Waals surface area contributed by atoms with E-state index in [-0.39, 0.29) is 17.5 Å². The Kier molecular flexibility index (Phi) is 2.90. The number of nitrogens with two attached hydrogens (primary N) is 1. The van der Waals surface area contributed by atoms with Crippen LogP contribution in [0.25, 0.3) is 0 Å². The first-order chi connectivity index (χ1) is 8.08. The van der Waals surface area contributed by atoms with Gasteiger partial charge in [0.25, 0.3) is 0 Å². The molecule has 0 atom stereocenters. The number of aromatic nitrogens is 5. The minimum absolute atomic E-state index is 0.0478. The molecule has 2 rings (SSSR count). The van der Waals surface area contributed by atoms with E-state index in [1.54, 1.807) is 17.0 Å². The molecule has 90 valence electrons. The second-order valence-corrected chi connectivity index (χ2v) is 4.07. The van der Waals surface area contributed by atoms with E-state index in [1.807, 2.05) is 13.8 Å². The van der Waals surface area contributed by atoms with Crippen molar-refractivity contribution in [2.24, 2.45) is 0 Å². The summed E-state index contributed by atoms with van der Waals surface area (Å²) < 4.78 is 1.55. The highest BCUT2D eigenvalue weighted by Gasteiger charge is 2.09. The van der Waals surface area contributed by atoms with E-state index in [0.29, 0.717) is 6.42 Å². The minimum atomic E-state index is -0.332. The minimum Gasteiger partial charge on any atom is -0.383 e. The van der Waals surface area contributed by atoms with Gasteiger partial charge in [-0.2, -0.15) is 20.4 Å². The fourth-order valence-electron chi connectivity index (χ4n) is 1.53. The number of aromatic amines is 1. The Morgan fingerprint density at radius 2 is 2.29 bits per heavy atom. The van der Waals surface area contributed by atoms with Gasteiger partial charge in [-0.25, -0.2) is 4.79 Å². The van der Waals surface area contributed by atoms with Crippen LogP contribution in [0.4, 0.5) is 5.82 Å². The fraction of sp³-hybridized carbons (Fsp3) is 0.400. The molecule has 0 amide bonds. The average Bonchev–Trinajstić information content (AvgIpc) is 2.74. The third-order valence-corrected chi connectivity index (χ3v) is 2.45. The van der Waals surface area contributed by atoms with Gasteiger partial charge in [0, 0.05) is 24.2 Å². The molecule has 0 bridgehead atoms. The number of H-pyrrole nitrogens is 1. The van der Waals surface area contributed by atoms with Gasteiger partial charge in [-0.15, -0.1) is 0 Å². The zero-order valence-corrected chi connectivity index (χ0v) is 9.71. The van der Waals surface area contributed by atoms with E-state index in [2.05, 4.69) is 20.4 Å². The highest BCUT2D eigenvalue weighted by molar-refractivity contribution is 5.39. The lowest BCUT2D eigenvalue weighted by Crippen LogP contribution is -2.26. The largest absolute Gasteiger partial charge is 0.383 e. The average molecular weight is 234 g/mol. The number of nitrogens with zero attached hydrogens (tertiary/aromatic N) is 4. The Morgan fingerprint density at radius 1 is 1.53 bits per heavy atom. The van der Waals surface area contributed by atoms with Crippen molar-refractivity contribution in [1.82, 2.24) is 25.0 Å². The third kappa shape index (κ3) is 2.32. The molecule has 0 saturated heterocycles. The Balaban J connectivity index is 2.40. The molecule has 0 radical (unpaired) electrons. The maximum Gasteiger partial charge on any atom is 0.349 e. The molecule has 0 aliphatic heterocycles. The SMILES string of the molecule is CC(C)n1cc(Cc2cn[nH]n2)c(N)nc1=O. The summed E-state index contributed by atoms with van der Waals surface area (Å²) in [6.07, 6.45) is 3.84. The van der Waals surface area contributed by atoms with Crippen molar-refractivity contribution in [2.75, 3.05) is 5.73 Å². The molecule has 0 spiro atoms. The zero-order chi connectivity index (χ0) is 12.4. The number of hydrogen-bond donors (Lipinski definition) is 2. The van der Waals surface area contributed by atoms with Gasteiger partial charge in [0.1, 0.15) is 5.82 Å². The summed E-state index contributed by atoms with van der Waals surface area (Å²) in [5, 5.41) is 10.2. The van der Waals surface area contributed by atoms with Gasteiger partial charge in [0.2, 0.25) is 0 Å². The Hall–Kier alpha value is -2.18. The maximum atomic E-state index is 11.6. The van der Waals surface area contributed by atoms with Gasteiger partial charge in [-0.3, -0.25) is 4.57 Å². The molecule has 0 aliphatic rings. The van der Waals surface area contributed by atoms with Crippen LogP contribution in [-0.2, 0) is 6.42 Å².